The molecule has 0 atom stereocenters. The zero-order chi connectivity index (χ0) is 16.5. The molecule has 3 N–H and O–H groups in total. The van der Waals surface area contributed by atoms with Gasteiger partial charge in [0.2, 0.25) is 11.8 Å². The molecule has 0 heterocycles. The Morgan fingerprint density at radius 3 is 2.70 bits per heavy atom. The van der Waals surface area contributed by atoms with Gasteiger partial charge in [0, 0.05) is 25.2 Å². The van der Waals surface area contributed by atoms with Crippen LogP contribution in [-0.4, -0.2) is 41.3 Å². The molecule has 1 rings (SSSR count). The highest BCUT2D eigenvalue weighted by Crippen LogP contribution is 2.14. The number of nitro benzene ring substituents is 1. The molecule has 8 nitrogen and oxygen atoms in total. The van der Waals surface area contributed by atoms with Crippen LogP contribution in [0.5, 0.6) is 0 Å². The molecule has 0 aliphatic carbocycles. The lowest BCUT2D eigenvalue weighted by Crippen LogP contribution is -2.41. The SMILES string of the molecule is C=CCN(Cc1cccc([N+](=O)[O-])c1)C(=O)CNC(=O)CN.Cl. The van der Waals surface area contributed by atoms with E-state index in [1.54, 1.807) is 18.2 Å². The average Bonchev–Trinajstić information content (AvgIpc) is 2.52. The van der Waals surface area contributed by atoms with Crippen molar-refractivity contribution in [3.63, 3.8) is 0 Å². The summed E-state index contributed by atoms with van der Waals surface area (Å²) >= 11 is 0. The number of rotatable bonds is 8. The van der Waals surface area contributed by atoms with E-state index in [0.29, 0.717) is 5.56 Å². The highest BCUT2D eigenvalue weighted by molar-refractivity contribution is 5.85. The van der Waals surface area contributed by atoms with Crippen LogP contribution in [-0.2, 0) is 16.1 Å². The topological polar surface area (TPSA) is 119 Å². The van der Waals surface area contributed by atoms with E-state index in [-0.39, 0.29) is 50.2 Å². The summed E-state index contributed by atoms with van der Waals surface area (Å²) in [4.78, 5) is 34.8. The maximum atomic E-state index is 12.1. The fourth-order valence-corrected chi connectivity index (χ4v) is 1.76. The quantitative estimate of drug-likeness (QED) is 0.407. The van der Waals surface area contributed by atoms with Gasteiger partial charge in [-0.1, -0.05) is 18.2 Å². The molecule has 0 radical (unpaired) electrons. The lowest BCUT2D eigenvalue weighted by atomic mass is 10.2. The number of hydrogen-bond donors (Lipinski definition) is 2. The van der Waals surface area contributed by atoms with Crippen molar-refractivity contribution in [2.75, 3.05) is 19.6 Å². The number of hydrogen-bond acceptors (Lipinski definition) is 5. The number of benzene rings is 1. The molecule has 1 aromatic carbocycles. The molecular weight excluding hydrogens is 324 g/mol. The summed E-state index contributed by atoms with van der Waals surface area (Å²) in [6, 6.07) is 6.03. The number of carbonyl (C=O) groups is 2. The van der Waals surface area contributed by atoms with Gasteiger partial charge in [0.1, 0.15) is 0 Å². The number of non-ortho nitro benzene ring substituents is 1. The Morgan fingerprint density at radius 1 is 1.43 bits per heavy atom. The van der Waals surface area contributed by atoms with Crippen LogP contribution in [0.1, 0.15) is 5.56 Å². The van der Waals surface area contributed by atoms with E-state index >= 15 is 0 Å². The fraction of sp³-hybridized carbons (Fsp3) is 0.286. The summed E-state index contributed by atoms with van der Waals surface area (Å²) < 4.78 is 0. The molecule has 0 aliphatic heterocycles. The molecule has 0 saturated carbocycles. The standard InChI is InChI=1S/C14H18N4O4.ClH/c1-2-6-17(14(20)9-16-13(19)8-15)10-11-4-3-5-12(7-11)18(21)22;/h2-5,7H,1,6,8-10,15H2,(H,16,19);1H. The summed E-state index contributed by atoms with van der Waals surface area (Å²) in [5, 5.41) is 13.1. The molecule has 126 valence electrons. The average molecular weight is 343 g/mol. The smallest absolute Gasteiger partial charge is 0.269 e. The van der Waals surface area contributed by atoms with E-state index in [2.05, 4.69) is 11.9 Å². The first-order valence-corrected chi connectivity index (χ1v) is 6.56. The van der Waals surface area contributed by atoms with Crippen molar-refractivity contribution < 1.29 is 14.5 Å². The summed E-state index contributed by atoms with van der Waals surface area (Å²) in [6.45, 7) is 3.65. The second kappa shape index (κ2) is 10.3. The minimum atomic E-state index is -0.495. The third kappa shape index (κ3) is 6.90. The monoisotopic (exact) mass is 342 g/mol. The van der Waals surface area contributed by atoms with Gasteiger partial charge in [-0.05, 0) is 5.56 Å². The molecule has 0 aliphatic rings. The van der Waals surface area contributed by atoms with E-state index < -0.39 is 10.8 Å². The number of nitrogens with zero attached hydrogens (tertiary/aromatic N) is 2. The number of nitrogens with two attached hydrogens (primary N) is 1. The number of nitrogens with one attached hydrogen (secondary N) is 1. The fourth-order valence-electron chi connectivity index (χ4n) is 1.76. The Labute approximate surface area is 139 Å². The van der Waals surface area contributed by atoms with E-state index in [4.69, 9.17) is 5.73 Å². The first-order chi connectivity index (χ1) is 10.5. The zero-order valence-electron chi connectivity index (χ0n) is 12.4. The van der Waals surface area contributed by atoms with Gasteiger partial charge in [-0.15, -0.1) is 19.0 Å². The summed E-state index contributed by atoms with van der Waals surface area (Å²) in [6.07, 6.45) is 1.54. The maximum absolute atomic E-state index is 12.1. The normalized spacial score (nSPS) is 9.43. The second-order valence-corrected chi connectivity index (χ2v) is 4.47. The van der Waals surface area contributed by atoms with Crippen molar-refractivity contribution in [3.05, 3.63) is 52.6 Å². The van der Waals surface area contributed by atoms with Gasteiger partial charge in [0.25, 0.3) is 5.69 Å². The summed E-state index contributed by atoms with van der Waals surface area (Å²) in [5.74, 6) is -0.754. The lowest BCUT2D eigenvalue weighted by Gasteiger charge is -2.21. The molecule has 0 fully saturated rings. The zero-order valence-corrected chi connectivity index (χ0v) is 13.3. The highest BCUT2D eigenvalue weighted by atomic mass is 35.5. The number of nitro groups is 1. The first-order valence-electron chi connectivity index (χ1n) is 6.56. The second-order valence-electron chi connectivity index (χ2n) is 4.47. The van der Waals surface area contributed by atoms with Crippen LogP contribution in [0.25, 0.3) is 0 Å². The van der Waals surface area contributed by atoms with Crippen molar-refractivity contribution in [3.8, 4) is 0 Å². The Kier molecular flexibility index (Phi) is 9.21. The maximum Gasteiger partial charge on any atom is 0.269 e. The largest absolute Gasteiger partial charge is 0.346 e. The summed E-state index contributed by atoms with van der Waals surface area (Å²) in [7, 11) is 0. The molecule has 1 aromatic rings. The Hall–Kier alpha value is -2.45. The van der Waals surface area contributed by atoms with Gasteiger partial charge in [-0.25, -0.2) is 0 Å². The summed E-state index contributed by atoms with van der Waals surface area (Å²) in [5.41, 5.74) is 5.72. The number of amides is 2. The van der Waals surface area contributed by atoms with E-state index in [1.807, 2.05) is 0 Å². The van der Waals surface area contributed by atoms with Crippen LogP contribution in [0, 0.1) is 10.1 Å². The van der Waals surface area contributed by atoms with E-state index in [0.717, 1.165) is 0 Å². The van der Waals surface area contributed by atoms with Crippen molar-refractivity contribution >= 4 is 29.9 Å². The molecule has 0 saturated heterocycles. The van der Waals surface area contributed by atoms with Gasteiger partial charge < -0.3 is 16.0 Å². The molecule has 0 aromatic heterocycles. The van der Waals surface area contributed by atoms with Gasteiger partial charge in [-0.3, -0.25) is 19.7 Å². The van der Waals surface area contributed by atoms with Gasteiger partial charge in [0.05, 0.1) is 18.0 Å². The molecule has 23 heavy (non-hydrogen) atoms. The minimum Gasteiger partial charge on any atom is -0.346 e. The first kappa shape index (κ1) is 20.6. The predicted octanol–water partition coefficient (Wildman–Crippen LogP) is 0.606. The van der Waals surface area contributed by atoms with Gasteiger partial charge in [-0.2, -0.15) is 0 Å². The van der Waals surface area contributed by atoms with Crippen LogP contribution in [0.15, 0.2) is 36.9 Å². The van der Waals surface area contributed by atoms with E-state index in [9.17, 15) is 19.7 Å². The predicted molar refractivity (Wildman–Crippen MR) is 88.0 cm³/mol. The number of carbonyl (C=O) groups excluding carboxylic acids is 2. The van der Waals surface area contributed by atoms with Gasteiger partial charge >= 0.3 is 0 Å². The van der Waals surface area contributed by atoms with Crippen LogP contribution < -0.4 is 11.1 Å². The number of halogens is 1. The lowest BCUT2D eigenvalue weighted by molar-refractivity contribution is -0.384. The van der Waals surface area contributed by atoms with Crippen molar-refractivity contribution in [1.29, 1.82) is 0 Å². The van der Waals surface area contributed by atoms with Gasteiger partial charge in [0.15, 0.2) is 0 Å². The molecule has 0 bridgehead atoms. The molecule has 9 heteroatoms. The Balaban J connectivity index is 0.00000484. The van der Waals surface area contributed by atoms with Crippen LogP contribution in [0.2, 0.25) is 0 Å². The van der Waals surface area contributed by atoms with Crippen molar-refractivity contribution in [2.45, 2.75) is 6.54 Å². The minimum absolute atomic E-state index is 0. The van der Waals surface area contributed by atoms with Crippen LogP contribution in [0.4, 0.5) is 5.69 Å². The molecule has 0 unspecified atom stereocenters. The third-order valence-electron chi connectivity index (χ3n) is 2.82. The molecule has 2 amide bonds. The van der Waals surface area contributed by atoms with E-state index in [1.165, 1.54) is 17.0 Å². The highest BCUT2D eigenvalue weighted by Gasteiger charge is 2.15. The molecule has 0 spiro atoms. The molecular formula is C14H19ClN4O4. The Bertz CT molecular complexity index is 580. The van der Waals surface area contributed by atoms with Crippen molar-refractivity contribution in [1.82, 2.24) is 10.2 Å². The Morgan fingerprint density at radius 2 is 2.13 bits per heavy atom. The van der Waals surface area contributed by atoms with Crippen molar-refractivity contribution in [2.24, 2.45) is 5.73 Å². The van der Waals surface area contributed by atoms with Crippen LogP contribution >= 0.6 is 12.4 Å². The van der Waals surface area contributed by atoms with Crippen LogP contribution in [0.3, 0.4) is 0 Å². The third-order valence-corrected chi connectivity index (χ3v) is 2.82.